The topological polar surface area (TPSA) is 43.9 Å². The molecule has 0 N–H and O–H groups in total. The molecule has 2 aromatic rings. The lowest BCUT2D eigenvalue weighted by atomic mass is 9.49. The van der Waals surface area contributed by atoms with E-state index in [1.165, 1.54) is 12.0 Å². The van der Waals surface area contributed by atoms with E-state index in [0.29, 0.717) is 30.8 Å². The van der Waals surface area contributed by atoms with E-state index in [1.807, 2.05) is 59.5 Å². The molecule has 1 heterocycles. The third-order valence-electron chi connectivity index (χ3n) is 8.92. The first-order chi connectivity index (χ1) is 17.8. The summed E-state index contributed by atoms with van der Waals surface area (Å²) in [4.78, 5) is 32.8. The monoisotopic (exact) mass is 563 g/mol. The number of amides is 2. The minimum absolute atomic E-state index is 0.0891. The van der Waals surface area contributed by atoms with Gasteiger partial charge >= 0.3 is 0 Å². The molecule has 1 saturated carbocycles. The van der Waals surface area contributed by atoms with Crippen molar-refractivity contribution in [2.45, 2.75) is 33.1 Å². The zero-order valence-electron chi connectivity index (χ0n) is 22.0. The quantitative estimate of drug-likeness (QED) is 0.411. The molecule has 0 radical (unpaired) electrons. The number of carbonyl (C=O) groups excluding carboxylic acids is 2. The summed E-state index contributed by atoms with van der Waals surface area (Å²) < 4.78 is 0.922. The highest BCUT2D eigenvalue weighted by atomic mass is 79.9. The second-order valence-corrected chi connectivity index (χ2v) is 12.4. The van der Waals surface area contributed by atoms with Gasteiger partial charge in [0.25, 0.3) is 5.91 Å². The summed E-state index contributed by atoms with van der Waals surface area (Å²) in [5.41, 5.74) is 3.61. The first kappa shape index (κ1) is 26.2. The van der Waals surface area contributed by atoms with Crippen LogP contribution in [-0.2, 0) is 11.2 Å². The number of halogens is 1. The highest BCUT2D eigenvalue weighted by Crippen LogP contribution is 2.59. The average Bonchev–Trinajstić information content (AvgIpc) is 2.91. The van der Waals surface area contributed by atoms with Crippen molar-refractivity contribution in [3.05, 3.63) is 81.8 Å². The number of benzene rings is 2. The highest BCUT2D eigenvalue weighted by Gasteiger charge is 2.51. The van der Waals surface area contributed by atoms with Gasteiger partial charge in [0.05, 0.1) is 6.42 Å². The molecule has 2 aromatic carbocycles. The molecule has 0 aromatic heterocycles. The molecule has 196 valence electrons. The van der Waals surface area contributed by atoms with Crippen molar-refractivity contribution in [3.63, 3.8) is 0 Å². The molecule has 6 rings (SSSR count). The molecule has 1 saturated heterocycles. The number of fused-ring (bicyclic) bond motifs is 1. The summed E-state index contributed by atoms with van der Waals surface area (Å²) in [6.07, 6.45) is 5.28. The van der Waals surface area contributed by atoms with E-state index < -0.39 is 0 Å². The van der Waals surface area contributed by atoms with Gasteiger partial charge in [-0.15, -0.1) is 0 Å². The van der Waals surface area contributed by atoms with E-state index in [9.17, 15) is 9.59 Å². The van der Waals surface area contributed by atoms with Gasteiger partial charge in [0.1, 0.15) is 0 Å². The molecular weight excluding hydrogens is 526 g/mol. The predicted octanol–water partition coefficient (Wildman–Crippen LogP) is 5.27. The molecule has 3 aliphatic carbocycles. The van der Waals surface area contributed by atoms with Crippen LogP contribution in [0.25, 0.3) is 0 Å². The van der Waals surface area contributed by atoms with Gasteiger partial charge < -0.3 is 9.80 Å². The Morgan fingerprint density at radius 3 is 2.46 bits per heavy atom. The molecule has 6 heteroatoms. The molecule has 2 amide bonds. The van der Waals surface area contributed by atoms with Crippen LogP contribution >= 0.6 is 15.9 Å². The van der Waals surface area contributed by atoms with Crippen molar-refractivity contribution in [1.29, 1.82) is 0 Å². The van der Waals surface area contributed by atoms with Crippen LogP contribution in [0.4, 0.5) is 0 Å². The zero-order valence-corrected chi connectivity index (χ0v) is 23.6. The van der Waals surface area contributed by atoms with Crippen molar-refractivity contribution in [3.8, 4) is 0 Å². The van der Waals surface area contributed by atoms with Crippen LogP contribution in [0.1, 0.15) is 42.6 Å². The Hall–Kier alpha value is -2.44. The lowest BCUT2D eigenvalue weighted by molar-refractivity contribution is -0.130. The van der Waals surface area contributed by atoms with Gasteiger partial charge in [0.2, 0.25) is 5.91 Å². The maximum absolute atomic E-state index is 13.5. The fourth-order valence-electron chi connectivity index (χ4n) is 6.29. The normalized spacial score (nSPS) is 22.7. The SMILES string of the molecule is CC1(C)C2CC=C(CN(CCN3CCN(C(=O)c4cccc(Br)c4)CC3)C(=O)Cc3ccccc3)C1C2. The molecule has 2 unspecified atom stereocenters. The van der Waals surface area contributed by atoms with Crippen LogP contribution in [0.2, 0.25) is 0 Å². The molecule has 1 aliphatic heterocycles. The Morgan fingerprint density at radius 2 is 1.78 bits per heavy atom. The maximum Gasteiger partial charge on any atom is 0.253 e. The molecule has 2 bridgehead atoms. The van der Waals surface area contributed by atoms with Gasteiger partial charge in [-0.05, 0) is 53.9 Å². The van der Waals surface area contributed by atoms with E-state index in [0.717, 1.165) is 60.7 Å². The number of allylic oxidation sites excluding steroid dienone is 1. The van der Waals surface area contributed by atoms with Gasteiger partial charge in [-0.2, -0.15) is 0 Å². The Labute approximate surface area is 229 Å². The van der Waals surface area contributed by atoms with Gasteiger partial charge in [-0.3, -0.25) is 14.5 Å². The zero-order chi connectivity index (χ0) is 26.0. The predicted molar refractivity (Wildman–Crippen MR) is 151 cm³/mol. The Bertz CT molecular complexity index is 1150. The second-order valence-electron chi connectivity index (χ2n) is 11.4. The molecule has 4 aliphatic rings. The largest absolute Gasteiger partial charge is 0.337 e. The third-order valence-corrected chi connectivity index (χ3v) is 9.42. The van der Waals surface area contributed by atoms with Gasteiger partial charge in [-0.1, -0.05) is 77.8 Å². The van der Waals surface area contributed by atoms with Gasteiger partial charge in [0, 0.05) is 55.8 Å². The van der Waals surface area contributed by atoms with Crippen molar-refractivity contribution in [2.75, 3.05) is 45.8 Å². The Balaban J connectivity index is 1.19. The number of piperazine rings is 1. The van der Waals surface area contributed by atoms with Gasteiger partial charge in [-0.25, -0.2) is 0 Å². The summed E-state index contributed by atoms with van der Waals surface area (Å²) in [5.74, 6) is 1.69. The average molecular weight is 565 g/mol. The molecular formula is C31H38BrN3O2. The molecule has 0 spiro atoms. The molecule has 5 nitrogen and oxygen atoms in total. The number of hydrogen-bond acceptors (Lipinski definition) is 3. The summed E-state index contributed by atoms with van der Waals surface area (Å²) in [6, 6.07) is 17.7. The number of nitrogens with zero attached hydrogens (tertiary/aromatic N) is 3. The number of carbonyl (C=O) groups is 2. The summed E-state index contributed by atoms with van der Waals surface area (Å²) in [5, 5.41) is 0. The van der Waals surface area contributed by atoms with Crippen LogP contribution in [0.3, 0.4) is 0 Å². The minimum atomic E-state index is 0.0891. The van der Waals surface area contributed by atoms with Crippen molar-refractivity contribution >= 4 is 27.7 Å². The van der Waals surface area contributed by atoms with Gasteiger partial charge in [0.15, 0.2) is 0 Å². The summed E-state index contributed by atoms with van der Waals surface area (Å²) >= 11 is 3.46. The van der Waals surface area contributed by atoms with Crippen LogP contribution < -0.4 is 0 Å². The summed E-state index contributed by atoms with van der Waals surface area (Å²) in [7, 11) is 0. The molecule has 2 fully saturated rings. The van der Waals surface area contributed by atoms with E-state index in [1.54, 1.807) is 0 Å². The minimum Gasteiger partial charge on any atom is -0.337 e. The van der Waals surface area contributed by atoms with E-state index in [2.05, 4.69) is 45.7 Å². The lowest BCUT2D eigenvalue weighted by Crippen LogP contribution is -2.52. The highest BCUT2D eigenvalue weighted by molar-refractivity contribution is 9.10. The Kier molecular flexibility index (Phi) is 7.87. The third kappa shape index (κ3) is 5.85. The van der Waals surface area contributed by atoms with E-state index in [-0.39, 0.29) is 11.8 Å². The summed E-state index contributed by atoms with van der Waals surface area (Å²) in [6.45, 7) is 10.2. The molecule has 37 heavy (non-hydrogen) atoms. The van der Waals surface area contributed by atoms with Crippen LogP contribution in [0.15, 0.2) is 70.7 Å². The number of rotatable bonds is 8. The fraction of sp³-hybridized carbons (Fsp3) is 0.484. The first-order valence-corrected chi connectivity index (χ1v) is 14.4. The number of hydrogen-bond donors (Lipinski definition) is 0. The second kappa shape index (κ2) is 11.1. The standard InChI is InChI=1S/C31H38BrN3O2/c1-31(2)26-12-11-25(28(31)21-26)22-35(29(36)19-23-7-4-3-5-8-23)18-15-33-13-16-34(17-14-33)30(37)24-9-6-10-27(32)20-24/h3-11,20,26,28H,12-19,21-22H2,1-2H3. The maximum atomic E-state index is 13.5. The van der Waals surface area contributed by atoms with E-state index in [4.69, 9.17) is 0 Å². The van der Waals surface area contributed by atoms with Crippen molar-refractivity contribution in [2.24, 2.45) is 17.3 Å². The smallest absolute Gasteiger partial charge is 0.253 e. The molecule has 2 atom stereocenters. The van der Waals surface area contributed by atoms with E-state index >= 15 is 0 Å². The van der Waals surface area contributed by atoms with Crippen molar-refractivity contribution in [1.82, 2.24) is 14.7 Å². The fourth-order valence-corrected chi connectivity index (χ4v) is 6.69. The van der Waals surface area contributed by atoms with Crippen LogP contribution in [0, 0.1) is 17.3 Å². The van der Waals surface area contributed by atoms with Crippen LogP contribution in [0.5, 0.6) is 0 Å². The van der Waals surface area contributed by atoms with Crippen LogP contribution in [-0.4, -0.2) is 72.3 Å². The van der Waals surface area contributed by atoms with Crippen molar-refractivity contribution < 1.29 is 9.59 Å². The lowest BCUT2D eigenvalue weighted by Gasteiger charge is -2.57. The first-order valence-electron chi connectivity index (χ1n) is 13.6. The Morgan fingerprint density at radius 1 is 1.03 bits per heavy atom.